The molecule has 1 unspecified atom stereocenters. The SMILES string of the molecule is Cc1cc(Br)ccc1N1CCC(C(=O)O)C(C)(C)C1. The lowest BCUT2D eigenvalue weighted by Crippen LogP contribution is -2.48. The zero-order chi connectivity index (χ0) is 14.2. The summed E-state index contributed by atoms with van der Waals surface area (Å²) in [5.74, 6) is -0.920. The van der Waals surface area contributed by atoms with Gasteiger partial charge in [0.15, 0.2) is 0 Å². The van der Waals surface area contributed by atoms with Gasteiger partial charge >= 0.3 is 5.97 Å². The lowest BCUT2D eigenvalue weighted by molar-refractivity contribution is -0.146. The molecule has 1 aliphatic rings. The normalized spacial score (nSPS) is 22.3. The Labute approximate surface area is 122 Å². The Balaban J connectivity index is 2.23. The quantitative estimate of drug-likeness (QED) is 0.901. The minimum absolute atomic E-state index is 0.205. The van der Waals surface area contributed by atoms with Crippen molar-refractivity contribution in [2.45, 2.75) is 27.2 Å². The van der Waals surface area contributed by atoms with Gasteiger partial charge in [0.25, 0.3) is 0 Å². The van der Waals surface area contributed by atoms with Crippen LogP contribution in [0.5, 0.6) is 0 Å². The van der Waals surface area contributed by atoms with Crippen LogP contribution < -0.4 is 4.90 Å². The second-order valence-corrected chi connectivity index (χ2v) is 6.94. The fourth-order valence-corrected chi connectivity index (χ4v) is 3.47. The summed E-state index contributed by atoms with van der Waals surface area (Å²) in [5.41, 5.74) is 2.22. The third-order valence-electron chi connectivity index (χ3n) is 4.03. The number of halogens is 1. The van der Waals surface area contributed by atoms with Crippen molar-refractivity contribution in [3.8, 4) is 0 Å². The number of aryl methyl sites for hydroxylation is 1. The largest absolute Gasteiger partial charge is 0.481 e. The van der Waals surface area contributed by atoms with Crippen molar-refractivity contribution in [1.29, 1.82) is 0 Å². The summed E-state index contributed by atoms with van der Waals surface area (Å²) < 4.78 is 1.08. The number of anilines is 1. The predicted molar refractivity (Wildman–Crippen MR) is 80.6 cm³/mol. The van der Waals surface area contributed by atoms with Gasteiger partial charge in [-0.05, 0) is 42.5 Å². The summed E-state index contributed by atoms with van der Waals surface area (Å²) in [4.78, 5) is 13.6. The number of rotatable bonds is 2. The zero-order valence-electron chi connectivity index (χ0n) is 11.6. The second-order valence-electron chi connectivity index (χ2n) is 6.02. The topological polar surface area (TPSA) is 40.5 Å². The summed E-state index contributed by atoms with van der Waals surface area (Å²) >= 11 is 3.48. The fraction of sp³-hybridized carbons (Fsp3) is 0.533. The molecule has 1 aromatic carbocycles. The summed E-state index contributed by atoms with van der Waals surface area (Å²) in [5, 5.41) is 9.30. The molecule has 0 amide bonds. The monoisotopic (exact) mass is 325 g/mol. The van der Waals surface area contributed by atoms with Gasteiger partial charge in [-0.25, -0.2) is 0 Å². The van der Waals surface area contributed by atoms with Crippen molar-refractivity contribution in [2.75, 3.05) is 18.0 Å². The standard InChI is InChI=1S/C15H20BrNO2/c1-10-8-11(16)4-5-13(10)17-7-6-12(14(18)19)15(2,3)9-17/h4-5,8,12H,6-7,9H2,1-3H3,(H,18,19). The van der Waals surface area contributed by atoms with Crippen LogP contribution in [-0.2, 0) is 4.79 Å². The van der Waals surface area contributed by atoms with E-state index in [4.69, 9.17) is 0 Å². The first-order chi connectivity index (χ1) is 8.81. The molecular formula is C15H20BrNO2. The molecule has 4 heteroatoms. The van der Waals surface area contributed by atoms with Gasteiger partial charge in [-0.3, -0.25) is 4.79 Å². The first kappa shape index (κ1) is 14.4. The Morgan fingerprint density at radius 1 is 1.47 bits per heavy atom. The van der Waals surface area contributed by atoms with E-state index in [1.807, 2.05) is 19.9 Å². The summed E-state index contributed by atoms with van der Waals surface area (Å²) in [6, 6.07) is 6.25. The molecule has 1 aromatic rings. The van der Waals surface area contributed by atoms with E-state index < -0.39 is 5.97 Å². The van der Waals surface area contributed by atoms with E-state index in [0.717, 1.165) is 17.6 Å². The first-order valence-corrected chi connectivity index (χ1v) is 7.34. The average molecular weight is 326 g/mol. The molecule has 0 spiro atoms. The van der Waals surface area contributed by atoms with E-state index in [1.54, 1.807) is 0 Å². The molecule has 104 valence electrons. The molecule has 0 bridgehead atoms. The van der Waals surface area contributed by atoms with Gasteiger partial charge in [0.05, 0.1) is 5.92 Å². The molecule has 0 aliphatic carbocycles. The van der Waals surface area contributed by atoms with Gasteiger partial charge in [-0.15, -0.1) is 0 Å². The number of aliphatic carboxylic acids is 1. The number of hydrogen-bond donors (Lipinski definition) is 1. The third kappa shape index (κ3) is 2.94. The van der Waals surface area contributed by atoms with E-state index in [-0.39, 0.29) is 11.3 Å². The van der Waals surface area contributed by atoms with Gasteiger partial charge in [0.1, 0.15) is 0 Å². The van der Waals surface area contributed by atoms with E-state index in [1.165, 1.54) is 11.3 Å². The van der Waals surface area contributed by atoms with Crippen LogP contribution in [0.4, 0.5) is 5.69 Å². The molecule has 1 atom stereocenters. The molecule has 0 radical (unpaired) electrons. The molecule has 1 N–H and O–H groups in total. The smallest absolute Gasteiger partial charge is 0.307 e. The minimum Gasteiger partial charge on any atom is -0.481 e. The molecule has 19 heavy (non-hydrogen) atoms. The molecule has 2 rings (SSSR count). The van der Waals surface area contributed by atoms with Crippen molar-refractivity contribution in [1.82, 2.24) is 0 Å². The van der Waals surface area contributed by atoms with Crippen LogP contribution in [0.2, 0.25) is 0 Å². The van der Waals surface area contributed by atoms with Crippen molar-refractivity contribution in [3.63, 3.8) is 0 Å². The maximum absolute atomic E-state index is 11.3. The van der Waals surface area contributed by atoms with Crippen LogP contribution in [0, 0.1) is 18.3 Å². The molecule has 1 aliphatic heterocycles. The van der Waals surface area contributed by atoms with E-state index in [9.17, 15) is 9.90 Å². The Morgan fingerprint density at radius 2 is 2.16 bits per heavy atom. The van der Waals surface area contributed by atoms with Crippen LogP contribution in [-0.4, -0.2) is 24.2 Å². The van der Waals surface area contributed by atoms with Gasteiger partial charge in [-0.1, -0.05) is 29.8 Å². The maximum atomic E-state index is 11.3. The van der Waals surface area contributed by atoms with Crippen LogP contribution in [0.15, 0.2) is 22.7 Å². The number of piperidine rings is 1. The number of carboxylic acid groups (broad SMARTS) is 1. The number of benzene rings is 1. The first-order valence-electron chi connectivity index (χ1n) is 6.55. The predicted octanol–water partition coefficient (Wildman–Crippen LogP) is 3.69. The fourth-order valence-electron chi connectivity index (χ4n) is 2.99. The van der Waals surface area contributed by atoms with E-state index in [0.29, 0.717) is 6.42 Å². The zero-order valence-corrected chi connectivity index (χ0v) is 13.2. The van der Waals surface area contributed by atoms with Gasteiger partial charge in [0, 0.05) is 23.2 Å². The summed E-state index contributed by atoms with van der Waals surface area (Å²) in [6.45, 7) is 7.78. The van der Waals surface area contributed by atoms with Crippen molar-refractivity contribution in [2.24, 2.45) is 11.3 Å². The molecule has 1 saturated heterocycles. The van der Waals surface area contributed by atoms with Crippen LogP contribution in [0.3, 0.4) is 0 Å². The highest BCUT2D eigenvalue weighted by atomic mass is 79.9. The molecule has 1 fully saturated rings. The Hall–Kier alpha value is -1.03. The van der Waals surface area contributed by atoms with E-state index >= 15 is 0 Å². The molecule has 3 nitrogen and oxygen atoms in total. The highest BCUT2D eigenvalue weighted by molar-refractivity contribution is 9.10. The third-order valence-corrected chi connectivity index (χ3v) is 4.52. The Kier molecular flexibility index (Phi) is 3.90. The number of hydrogen-bond acceptors (Lipinski definition) is 2. The summed E-state index contributed by atoms with van der Waals surface area (Å²) in [6.07, 6.45) is 0.706. The molecular weight excluding hydrogens is 306 g/mol. The Morgan fingerprint density at radius 3 is 2.68 bits per heavy atom. The van der Waals surface area contributed by atoms with Gasteiger partial charge in [-0.2, -0.15) is 0 Å². The van der Waals surface area contributed by atoms with Crippen molar-refractivity contribution >= 4 is 27.6 Å². The molecule has 0 aromatic heterocycles. The lowest BCUT2D eigenvalue weighted by atomic mass is 9.73. The number of nitrogens with zero attached hydrogens (tertiary/aromatic N) is 1. The molecule has 0 saturated carbocycles. The highest BCUT2D eigenvalue weighted by Crippen LogP contribution is 2.38. The summed E-state index contributed by atoms with van der Waals surface area (Å²) in [7, 11) is 0. The number of carboxylic acids is 1. The van der Waals surface area contributed by atoms with Crippen LogP contribution >= 0.6 is 15.9 Å². The van der Waals surface area contributed by atoms with Crippen molar-refractivity contribution < 1.29 is 9.90 Å². The van der Waals surface area contributed by atoms with Crippen LogP contribution in [0.1, 0.15) is 25.8 Å². The second kappa shape index (κ2) is 5.16. The minimum atomic E-state index is -0.669. The maximum Gasteiger partial charge on any atom is 0.307 e. The molecule has 1 heterocycles. The van der Waals surface area contributed by atoms with Gasteiger partial charge < -0.3 is 10.0 Å². The highest BCUT2D eigenvalue weighted by Gasteiger charge is 2.40. The van der Waals surface area contributed by atoms with Crippen LogP contribution in [0.25, 0.3) is 0 Å². The Bertz CT molecular complexity index is 499. The average Bonchev–Trinajstić information content (AvgIpc) is 2.26. The van der Waals surface area contributed by atoms with Crippen molar-refractivity contribution in [3.05, 3.63) is 28.2 Å². The lowest BCUT2D eigenvalue weighted by Gasteiger charge is -2.43. The van der Waals surface area contributed by atoms with E-state index in [2.05, 4.69) is 39.9 Å². The number of carbonyl (C=O) groups is 1. The van der Waals surface area contributed by atoms with Gasteiger partial charge in [0.2, 0.25) is 0 Å².